The number of benzene rings is 2. The Kier molecular flexibility index (Phi) is 6.00. The van der Waals surface area contributed by atoms with Crippen molar-refractivity contribution in [2.75, 3.05) is 32.8 Å². The van der Waals surface area contributed by atoms with Crippen molar-refractivity contribution in [3.63, 3.8) is 0 Å². The fraction of sp³-hybridized carbons (Fsp3) is 0.350. The van der Waals surface area contributed by atoms with Crippen LogP contribution in [0.4, 0.5) is 4.39 Å². The van der Waals surface area contributed by atoms with Gasteiger partial charge in [0, 0.05) is 26.2 Å². The molecule has 28 heavy (non-hydrogen) atoms. The molecule has 150 valence electrons. The molecule has 8 heteroatoms. The summed E-state index contributed by atoms with van der Waals surface area (Å²) >= 11 is 0. The lowest BCUT2D eigenvalue weighted by molar-refractivity contribution is -0.134. The van der Waals surface area contributed by atoms with Crippen molar-refractivity contribution in [3.05, 3.63) is 59.4 Å². The largest absolute Gasteiger partial charge is 0.484 e. The van der Waals surface area contributed by atoms with Gasteiger partial charge < -0.3 is 9.64 Å². The maximum atomic E-state index is 13.4. The van der Waals surface area contributed by atoms with Gasteiger partial charge in [0.2, 0.25) is 10.0 Å². The van der Waals surface area contributed by atoms with Gasteiger partial charge in [0.15, 0.2) is 6.61 Å². The summed E-state index contributed by atoms with van der Waals surface area (Å²) in [5.74, 6) is -0.154. The molecule has 0 spiro atoms. The highest BCUT2D eigenvalue weighted by atomic mass is 32.2. The van der Waals surface area contributed by atoms with Gasteiger partial charge in [-0.1, -0.05) is 12.1 Å². The fourth-order valence-corrected chi connectivity index (χ4v) is 4.66. The number of halogens is 1. The predicted octanol–water partition coefficient (Wildman–Crippen LogP) is 2.35. The van der Waals surface area contributed by atoms with E-state index in [-0.39, 0.29) is 43.6 Å². The van der Waals surface area contributed by atoms with Crippen LogP contribution in [0.5, 0.6) is 5.75 Å². The average molecular weight is 406 g/mol. The molecular formula is C20H23FN2O4S. The first kappa shape index (κ1) is 20.3. The highest BCUT2D eigenvalue weighted by Crippen LogP contribution is 2.19. The van der Waals surface area contributed by atoms with Crippen LogP contribution in [-0.4, -0.2) is 56.3 Å². The molecule has 0 N–H and O–H groups in total. The third-order valence-corrected chi connectivity index (χ3v) is 6.48. The van der Waals surface area contributed by atoms with E-state index in [9.17, 15) is 17.6 Å². The summed E-state index contributed by atoms with van der Waals surface area (Å²) in [4.78, 5) is 13.9. The number of rotatable bonds is 5. The maximum absolute atomic E-state index is 13.4. The van der Waals surface area contributed by atoms with Gasteiger partial charge in [-0.2, -0.15) is 4.31 Å². The Labute approximate surface area is 164 Å². The van der Waals surface area contributed by atoms with E-state index >= 15 is 0 Å². The first-order chi connectivity index (χ1) is 13.3. The number of aryl methyl sites for hydroxylation is 2. The zero-order chi connectivity index (χ0) is 20.3. The van der Waals surface area contributed by atoms with Crippen LogP contribution in [0, 0.1) is 19.7 Å². The van der Waals surface area contributed by atoms with Gasteiger partial charge in [-0.15, -0.1) is 0 Å². The third kappa shape index (κ3) is 4.69. The van der Waals surface area contributed by atoms with Gasteiger partial charge >= 0.3 is 0 Å². The van der Waals surface area contributed by atoms with Crippen molar-refractivity contribution < 1.29 is 22.3 Å². The molecule has 1 heterocycles. The second-order valence-electron chi connectivity index (χ2n) is 6.85. The number of amides is 1. The molecule has 1 fully saturated rings. The van der Waals surface area contributed by atoms with Crippen molar-refractivity contribution in [1.29, 1.82) is 0 Å². The maximum Gasteiger partial charge on any atom is 0.260 e. The molecule has 0 atom stereocenters. The van der Waals surface area contributed by atoms with Crippen LogP contribution in [0.25, 0.3) is 0 Å². The summed E-state index contributed by atoms with van der Waals surface area (Å²) in [7, 11) is -3.77. The highest BCUT2D eigenvalue weighted by molar-refractivity contribution is 7.89. The lowest BCUT2D eigenvalue weighted by Crippen LogP contribution is -2.51. The molecule has 0 bridgehead atoms. The predicted molar refractivity (Wildman–Crippen MR) is 103 cm³/mol. The van der Waals surface area contributed by atoms with E-state index in [1.807, 2.05) is 32.0 Å². The number of sulfonamides is 1. The van der Waals surface area contributed by atoms with Gasteiger partial charge in [0.1, 0.15) is 11.6 Å². The Morgan fingerprint density at radius 1 is 1.04 bits per heavy atom. The van der Waals surface area contributed by atoms with E-state index in [2.05, 4.69) is 0 Å². The second kappa shape index (κ2) is 8.28. The van der Waals surface area contributed by atoms with Gasteiger partial charge in [0.25, 0.3) is 5.91 Å². The normalized spacial score (nSPS) is 15.5. The van der Waals surface area contributed by atoms with Crippen LogP contribution in [0.3, 0.4) is 0 Å². The Bertz CT molecular complexity index is 950. The Morgan fingerprint density at radius 3 is 2.29 bits per heavy atom. The topological polar surface area (TPSA) is 66.9 Å². The smallest absolute Gasteiger partial charge is 0.260 e. The number of hydrogen-bond acceptors (Lipinski definition) is 4. The minimum absolute atomic E-state index is 0.0783. The molecule has 1 amide bonds. The summed E-state index contributed by atoms with van der Waals surface area (Å²) in [5, 5.41) is 0. The summed E-state index contributed by atoms with van der Waals surface area (Å²) in [6.45, 7) is 4.68. The number of carbonyl (C=O) groups is 1. The Morgan fingerprint density at radius 2 is 1.68 bits per heavy atom. The van der Waals surface area contributed by atoms with E-state index in [1.165, 1.54) is 22.5 Å². The number of ether oxygens (including phenoxy) is 1. The van der Waals surface area contributed by atoms with Crippen LogP contribution < -0.4 is 4.74 Å². The SMILES string of the molecule is Cc1cc(C)cc(OCC(=O)N2CCN(S(=O)(=O)c3cccc(F)c3)CC2)c1. The van der Waals surface area contributed by atoms with Gasteiger partial charge in [-0.3, -0.25) is 4.79 Å². The molecule has 2 aromatic rings. The first-order valence-corrected chi connectivity index (χ1v) is 10.4. The number of nitrogens with zero attached hydrogens (tertiary/aromatic N) is 2. The average Bonchev–Trinajstić information content (AvgIpc) is 2.65. The standard InChI is InChI=1S/C20H23FN2O4S/c1-15-10-16(2)12-18(11-15)27-14-20(24)22-6-8-23(9-7-22)28(25,26)19-5-3-4-17(21)13-19/h3-5,10-13H,6-9,14H2,1-2H3. The van der Waals surface area contributed by atoms with E-state index in [0.717, 1.165) is 17.2 Å². The summed E-state index contributed by atoms with van der Waals surface area (Å²) in [6, 6.07) is 10.7. The van der Waals surface area contributed by atoms with Crippen molar-refractivity contribution in [3.8, 4) is 5.75 Å². The first-order valence-electron chi connectivity index (χ1n) is 9.00. The second-order valence-corrected chi connectivity index (χ2v) is 8.79. The van der Waals surface area contributed by atoms with Crippen LogP contribution in [0.2, 0.25) is 0 Å². The molecule has 0 aromatic heterocycles. The zero-order valence-electron chi connectivity index (χ0n) is 15.9. The number of carbonyl (C=O) groups excluding carboxylic acids is 1. The molecule has 1 saturated heterocycles. The Hall–Kier alpha value is -2.45. The molecule has 0 aliphatic carbocycles. The lowest BCUT2D eigenvalue weighted by atomic mass is 10.1. The van der Waals surface area contributed by atoms with Crippen molar-refractivity contribution >= 4 is 15.9 Å². The highest BCUT2D eigenvalue weighted by Gasteiger charge is 2.30. The molecule has 1 aliphatic rings. The molecule has 2 aromatic carbocycles. The number of piperazine rings is 1. The van der Waals surface area contributed by atoms with E-state index in [0.29, 0.717) is 5.75 Å². The Balaban J connectivity index is 1.56. The van der Waals surface area contributed by atoms with E-state index in [4.69, 9.17) is 4.74 Å². The molecule has 0 unspecified atom stereocenters. The molecule has 1 aliphatic heterocycles. The minimum atomic E-state index is -3.77. The van der Waals surface area contributed by atoms with Gasteiger partial charge in [-0.25, -0.2) is 12.8 Å². The van der Waals surface area contributed by atoms with Crippen molar-refractivity contribution in [2.24, 2.45) is 0 Å². The number of hydrogen-bond donors (Lipinski definition) is 0. The minimum Gasteiger partial charge on any atom is -0.484 e. The summed E-state index contributed by atoms with van der Waals surface area (Å²) in [5.41, 5.74) is 2.11. The summed E-state index contributed by atoms with van der Waals surface area (Å²) < 4.78 is 45.5. The molecule has 0 saturated carbocycles. The quantitative estimate of drug-likeness (QED) is 0.765. The van der Waals surface area contributed by atoms with Gasteiger partial charge in [0.05, 0.1) is 4.90 Å². The monoisotopic (exact) mass is 406 g/mol. The van der Waals surface area contributed by atoms with Gasteiger partial charge in [-0.05, 0) is 55.3 Å². The van der Waals surface area contributed by atoms with Crippen LogP contribution in [-0.2, 0) is 14.8 Å². The summed E-state index contributed by atoms with van der Waals surface area (Å²) in [6.07, 6.45) is 0. The molecular weight excluding hydrogens is 383 g/mol. The van der Waals surface area contributed by atoms with Crippen LogP contribution in [0.15, 0.2) is 47.4 Å². The van der Waals surface area contributed by atoms with Crippen molar-refractivity contribution in [2.45, 2.75) is 18.7 Å². The molecule has 3 rings (SSSR count). The van der Waals surface area contributed by atoms with E-state index in [1.54, 1.807) is 4.90 Å². The third-order valence-electron chi connectivity index (χ3n) is 4.58. The van der Waals surface area contributed by atoms with Crippen molar-refractivity contribution in [1.82, 2.24) is 9.21 Å². The molecule has 6 nitrogen and oxygen atoms in total. The van der Waals surface area contributed by atoms with Crippen LogP contribution >= 0.6 is 0 Å². The fourth-order valence-electron chi connectivity index (χ4n) is 3.21. The zero-order valence-corrected chi connectivity index (χ0v) is 16.7. The lowest BCUT2D eigenvalue weighted by Gasteiger charge is -2.34. The van der Waals surface area contributed by atoms with E-state index < -0.39 is 15.8 Å². The van der Waals surface area contributed by atoms with Crippen LogP contribution in [0.1, 0.15) is 11.1 Å². The molecule has 0 radical (unpaired) electrons.